The topological polar surface area (TPSA) is 60.2 Å². The highest BCUT2D eigenvalue weighted by atomic mass is 16.5. The van der Waals surface area contributed by atoms with Crippen LogP contribution in [-0.4, -0.2) is 24.2 Å². The van der Waals surface area contributed by atoms with Crippen molar-refractivity contribution in [1.82, 2.24) is 4.98 Å². The first kappa shape index (κ1) is 11.2. The molecule has 4 heteroatoms. The monoisotopic (exact) mass is 221 g/mol. The normalized spacial score (nSPS) is 27.0. The maximum Gasteiger partial charge on any atom is 0.168 e. The van der Waals surface area contributed by atoms with Crippen molar-refractivity contribution >= 4 is 5.82 Å². The quantitative estimate of drug-likeness (QED) is 0.814. The highest BCUT2D eigenvalue weighted by Crippen LogP contribution is 2.41. The highest BCUT2D eigenvalue weighted by Gasteiger charge is 2.46. The molecule has 1 fully saturated rings. The summed E-state index contributed by atoms with van der Waals surface area (Å²) in [7, 11) is 1.65. The van der Waals surface area contributed by atoms with E-state index in [2.05, 4.69) is 24.1 Å². The Morgan fingerprint density at radius 2 is 2.31 bits per heavy atom. The lowest BCUT2D eigenvalue weighted by molar-refractivity contribution is 0.116. The molecule has 16 heavy (non-hydrogen) atoms. The summed E-state index contributed by atoms with van der Waals surface area (Å²) in [5.74, 6) is 1.58. The molecule has 88 valence electrons. The Labute approximate surface area is 96.2 Å². The highest BCUT2D eigenvalue weighted by molar-refractivity contribution is 5.51. The van der Waals surface area contributed by atoms with E-state index in [9.17, 15) is 0 Å². The van der Waals surface area contributed by atoms with Crippen molar-refractivity contribution in [3.63, 3.8) is 0 Å². The molecular weight excluding hydrogens is 202 g/mol. The summed E-state index contributed by atoms with van der Waals surface area (Å²) in [5, 5.41) is 3.40. The Morgan fingerprint density at radius 1 is 1.56 bits per heavy atom. The van der Waals surface area contributed by atoms with Crippen LogP contribution in [-0.2, 0) is 0 Å². The molecule has 1 aromatic heterocycles. The lowest BCUT2D eigenvalue weighted by Crippen LogP contribution is -2.61. The van der Waals surface area contributed by atoms with Gasteiger partial charge in [-0.05, 0) is 18.6 Å². The fourth-order valence-electron chi connectivity index (χ4n) is 2.03. The molecule has 2 rings (SSSR count). The molecule has 1 saturated carbocycles. The fourth-order valence-corrected chi connectivity index (χ4v) is 2.03. The van der Waals surface area contributed by atoms with Crippen LogP contribution in [0, 0.1) is 5.41 Å². The first-order valence-electron chi connectivity index (χ1n) is 5.57. The average Bonchev–Trinajstić information content (AvgIpc) is 2.29. The number of pyridine rings is 1. The van der Waals surface area contributed by atoms with Gasteiger partial charge in [-0.25, -0.2) is 4.98 Å². The zero-order chi connectivity index (χ0) is 11.8. The van der Waals surface area contributed by atoms with Crippen molar-refractivity contribution in [3.8, 4) is 5.75 Å². The minimum atomic E-state index is 0.114. The van der Waals surface area contributed by atoms with Crippen LogP contribution in [0.1, 0.15) is 20.3 Å². The number of rotatable bonds is 3. The van der Waals surface area contributed by atoms with Crippen molar-refractivity contribution in [2.24, 2.45) is 11.1 Å². The second kappa shape index (κ2) is 3.94. The molecular formula is C12H19N3O. The van der Waals surface area contributed by atoms with Crippen LogP contribution in [0.2, 0.25) is 0 Å². The van der Waals surface area contributed by atoms with Gasteiger partial charge in [-0.1, -0.05) is 13.8 Å². The first-order valence-corrected chi connectivity index (χ1v) is 5.57. The number of ether oxygens (including phenoxy) is 1. The van der Waals surface area contributed by atoms with Gasteiger partial charge in [0.2, 0.25) is 0 Å². The number of aromatic nitrogens is 1. The lowest BCUT2D eigenvalue weighted by Gasteiger charge is -2.50. The summed E-state index contributed by atoms with van der Waals surface area (Å²) in [6.07, 6.45) is 2.74. The molecule has 0 amide bonds. The molecule has 3 N–H and O–H groups in total. The molecule has 1 aromatic rings. The zero-order valence-corrected chi connectivity index (χ0v) is 10.0. The molecule has 1 heterocycles. The summed E-state index contributed by atoms with van der Waals surface area (Å²) in [6.45, 7) is 4.35. The van der Waals surface area contributed by atoms with E-state index < -0.39 is 0 Å². The second-order valence-corrected chi connectivity index (χ2v) is 4.91. The minimum absolute atomic E-state index is 0.114. The molecule has 0 saturated heterocycles. The van der Waals surface area contributed by atoms with Gasteiger partial charge in [-0.2, -0.15) is 0 Å². The first-order chi connectivity index (χ1) is 7.55. The summed E-state index contributed by atoms with van der Waals surface area (Å²) < 4.78 is 5.25. The van der Waals surface area contributed by atoms with E-state index in [1.807, 2.05) is 12.1 Å². The Balaban J connectivity index is 2.11. The molecule has 2 atom stereocenters. The van der Waals surface area contributed by atoms with E-state index in [0.29, 0.717) is 6.04 Å². The number of nitrogens with one attached hydrogen (secondary N) is 1. The smallest absolute Gasteiger partial charge is 0.168 e. The molecule has 1 aliphatic carbocycles. The van der Waals surface area contributed by atoms with E-state index in [4.69, 9.17) is 10.5 Å². The van der Waals surface area contributed by atoms with Crippen LogP contribution in [0.15, 0.2) is 18.3 Å². The molecule has 4 nitrogen and oxygen atoms in total. The van der Waals surface area contributed by atoms with E-state index in [0.717, 1.165) is 18.0 Å². The van der Waals surface area contributed by atoms with E-state index in [-0.39, 0.29) is 11.5 Å². The van der Waals surface area contributed by atoms with Gasteiger partial charge in [0, 0.05) is 23.7 Å². The standard InChI is InChI=1S/C12H19N3O/c1-12(2)9(13)7-10(12)15-11-8(16-3)5-4-6-14-11/h4-6,9-10H,7,13H2,1-3H3,(H,14,15). The number of hydrogen-bond acceptors (Lipinski definition) is 4. The van der Waals surface area contributed by atoms with Gasteiger partial charge in [0.15, 0.2) is 11.6 Å². The van der Waals surface area contributed by atoms with Gasteiger partial charge < -0.3 is 15.8 Å². The summed E-state index contributed by atoms with van der Waals surface area (Å²) in [6, 6.07) is 4.40. The maximum atomic E-state index is 5.98. The van der Waals surface area contributed by atoms with Gasteiger partial charge in [0.25, 0.3) is 0 Å². The Morgan fingerprint density at radius 3 is 2.88 bits per heavy atom. The van der Waals surface area contributed by atoms with Gasteiger partial charge in [-0.3, -0.25) is 0 Å². The fraction of sp³-hybridized carbons (Fsp3) is 0.583. The number of nitrogens with zero attached hydrogens (tertiary/aromatic N) is 1. The molecule has 0 aliphatic heterocycles. The number of nitrogens with two attached hydrogens (primary N) is 1. The van der Waals surface area contributed by atoms with E-state index in [1.54, 1.807) is 13.3 Å². The number of methoxy groups -OCH3 is 1. The lowest BCUT2D eigenvalue weighted by atomic mass is 9.63. The van der Waals surface area contributed by atoms with Crippen molar-refractivity contribution in [3.05, 3.63) is 18.3 Å². The Kier molecular flexibility index (Phi) is 2.76. The SMILES string of the molecule is COc1cccnc1NC1CC(N)C1(C)C. The van der Waals surface area contributed by atoms with Crippen LogP contribution < -0.4 is 15.8 Å². The molecule has 1 aliphatic rings. The third-order valence-corrected chi connectivity index (χ3v) is 3.64. The molecule has 0 bridgehead atoms. The number of hydrogen-bond donors (Lipinski definition) is 2. The predicted molar refractivity (Wildman–Crippen MR) is 64.6 cm³/mol. The Bertz CT molecular complexity index is 378. The van der Waals surface area contributed by atoms with Crippen LogP contribution in [0.3, 0.4) is 0 Å². The average molecular weight is 221 g/mol. The van der Waals surface area contributed by atoms with Crippen LogP contribution >= 0.6 is 0 Å². The third kappa shape index (κ3) is 1.73. The molecule has 0 aromatic carbocycles. The zero-order valence-electron chi connectivity index (χ0n) is 10.0. The van der Waals surface area contributed by atoms with Crippen LogP contribution in [0.5, 0.6) is 5.75 Å². The van der Waals surface area contributed by atoms with E-state index in [1.165, 1.54) is 0 Å². The second-order valence-electron chi connectivity index (χ2n) is 4.91. The summed E-state index contributed by atoms with van der Waals surface area (Å²) in [4.78, 5) is 4.29. The predicted octanol–water partition coefficient (Wildman–Crippen LogP) is 1.63. The van der Waals surface area contributed by atoms with Gasteiger partial charge in [-0.15, -0.1) is 0 Å². The van der Waals surface area contributed by atoms with Crippen LogP contribution in [0.25, 0.3) is 0 Å². The largest absolute Gasteiger partial charge is 0.493 e. The van der Waals surface area contributed by atoms with Gasteiger partial charge >= 0.3 is 0 Å². The van der Waals surface area contributed by atoms with Crippen molar-refractivity contribution in [2.75, 3.05) is 12.4 Å². The molecule has 0 radical (unpaired) electrons. The van der Waals surface area contributed by atoms with Crippen LogP contribution in [0.4, 0.5) is 5.82 Å². The molecule has 0 spiro atoms. The minimum Gasteiger partial charge on any atom is -0.493 e. The maximum absolute atomic E-state index is 5.98. The third-order valence-electron chi connectivity index (χ3n) is 3.64. The van der Waals surface area contributed by atoms with E-state index >= 15 is 0 Å². The van der Waals surface area contributed by atoms with Gasteiger partial charge in [0.1, 0.15) is 0 Å². The molecule has 2 unspecified atom stereocenters. The summed E-state index contributed by atoms with van der Waals surface area (Å²) >= 11 is 0. The Hall–Kier alpha value is -1.29. The van der Waals surface area contributed by atoms with Crippen molar-refractivity contribution in [2.45, 2.75) is 32.4 Å². The number of anilines is 1. The van der Waals surface area contributed by atoms with Crippen molar-refractivity contribution in [1.29, 1.82) is 0 Å². The summed E-state index contributed by atoms with van der Waals surface area (Å²) in [5.41, 5.74) is 6.09. The van der Waals surface area contributed by atoms with Gasteiger partial charge in [0.05, 0.1) is 7.11 Å². The van der Waals surface area contributed by atoms with Crippen molar-refractivity contribution < 1.29 is 4.74 Å².